The second-order valence-electron chi connectivity index (χ2n) is 4.02. The number of carboxylic acids is 4. The Labute approximate surface area is 120 Å². The Kier molecular flexibility index (Phi) is 3.43. The van der Waals surface area contributed by atoms with E-state index in [0.717, 1.165) is 6.20 Å². The summed E-state index contributed by atoms with van der Waals surface area (Å²) >= 11 is 0. The molecule has 0 bridgehead atoms. The van der Waals surface area contributed by atoms with Crippen LogP contribution in [0.25, 0.3) is 10.9 Å². The maximum Gasteiger partial charge on any atom is 0.373 e. The molecule has 4 N–H and O–H groups in total. The van der Waals surface area contributed by atoms with Crippen molar-refractivity contribution in [3.05, 3.63) is 34.8 Å². The zero-order chi connectivity index (χ0) is 16.6. The van der Waals surface area contributed by atoms with Crippen LogP contribution in [0.15, 0.2) is 12.3 Å². The standard InChI is InChI=1S/C12H6N2O8/c15-9(16)3-1-4(10(17)18)7-5(6(3)11(19)20)2-13-8(14-7)12(21)22/h1-2H,(H,15,16)(H,17,18)(H,19,20)(H,21,22). The number of benzene rings is 1. The summed E-state index contributed by atoms with van der Waals surface area (Å²) in [5.74, 6) is -7.15. The molecule has 1 aromatic carbocycles. The molecular weight excluding hydrogens is 300 g/mol. The minimum Gasteiger partial charge on any atom is -0.478 e. The molecule has 0 amide bonds. The molecule has 0 atom stereocenters. The van der Waals surface area contributed by atoms with Crippen molar-refractivity contribution in [1.29, 1.82) is 0 Å². The first kappa shape index (κ1) is 14.8. The second kappa shape index (κ2) is 5.09. The third-order valence-electron chi connectivity index (χ3n) is 2.74. The van der Waals surface area contributed by atoms with Gasteiger partial charge in [-0.15, -0.1) is 0 Å². The predicted octanol–water partition coefficient (Wildman–Crippen LogP) is 0.423. The normalized spacial score (nSPS) is 10.4. The van der Waals surface area contributed by atoms with Gasteiger partial charge in [0.25, 0.3) is 0 Å². The molecule has 1 heterocycles. The van der Waals surface area contributed by atoms with E-state index >= 15 is 0 Å². The lowest BCUT2D eigenvalue weighted by atomic mass is 9.98. The summed E-state index contributed by atoms with van der Waals surface area (Å²) in [7, 11) is 0. The molecule has 2 rings (SSSR count). The smallest absolute Gasteiger partial charge is 0.373 e. The molecule has 0 unspecified atom stereocenters. The van der Waals surface area contributed by atoms with Crippen LogP contribution in [0.1, 0.15) is 41.7 Å². The maximum atomic E-state index is 11.3. The van der Waals surface area contributed by atoms with Gasteiger partial charge in [0, 0.05) is 11.6 Å². The topological polar surface area (TPSA) is 175 Å². The fraction of sp³-hybridized carbons (Fsp3) is 0. The Morgan fingerprint density at radius 3 is 1.86 bits per heavy atom. The number of carbonyl (C=O) groups is 4. The van der Waals surface area contributed by atoms with Crippen LogP contribution in [0, 0.1) is 0 Å². The fourth-order valence-electron chi connectivity index (χ4n) is 1.87. The first-order chi connectivity index (χ1) is 10.2. The SMILES string of the molecule is O=C(O)c1ncc2c(C(=O)O)c(C(=O)O)cc(C(=O)O)c2n1. The average Bonchev–Trinajstić information content (AvgIpc) is 2.43. The minimum atomic E-state index is -1.65. The molecule has 0 radical (unpaired) electrons. The zero-order valence-electron chi connectivity index (χ0n) is 10.5. The molecule has 2 aromatic rings. The molecule has 22 heavy (non-hydrogen) atoms. The lowest BCUT2D eigenvalue weighted by molar-refractivity contribution is 0.0650. The van der Waals surface area contributed by atoms with Crippen LogP contribution in [0.4, 0.5) is 0 Å². The molecule has 0 spiro atoms. The lowest BCUT2D eigenvalue weighted by Gasteiger charge is -2.09. The van der Waals surface area contributed by atoms with E-state index in [1.54, 1.807) is 0 Å². The molecule has 10 nitrogen and oxygen atoms in total. The number of hydrogen-bond acceptors (Lipinski definition) is 6. The third kappa shape index (κ3) is 2.28. The summed E-state index contributed by atoms with van der Waals surface area (Å²) in [5, 5.41) is 35.7. The lowest BCUT2D eigenvalue weighted by Crippen LogP contribution is -2.14. The van der Waals surface area contributed by atoms with Crippen LogP contribution in [0.5, 0.6) is 0 Å². The van der Waals surface area contributed by atoms with Crippen LogP contribution < -0.4 is 0 Å². The van der Waals surface area contributed by atoms with E-state index < -0.39 is 51.9 Å². The number of aromatic carboxylic acids is 4. The summed E-state index contributed by atoms with van der Waals surface area (Å²) in [5.41, 5.74) is -2.59. The van der Waals surface area contributed by atoms with Gasteiger partial charge in [-0.2, -0.15) is 0 Å². The first-order valence-corrected chi connectivity index (χ1v) is 5.51. The van der Waals surface area contributed by atoms with Crippen molar-refractivity contribution in [1.82, 2.24) is 9.97 Å². The molecule has 0 saturated carbocycles. The van der Waals surface area contributed by atoms with Gasteiger partial charge in [0.1, 0.15) is 0 Å². The fourth-order valence-corrected chi connectivity index (χ4v) is 1.87. The van der Waals surface area contributed by atoms with Gasteiger partial charge in [-0.25, -0.2) is 29.1 Å². The van der Waals surface area contributed by atoms with E-state index in [4.69, 9.17) is 20.4 Å². The van der Waals surface area contributed by atoms with Gasteiger partial charge in [0.2, 0.25) is 5.82 Å². The van der Waals surface area contributed by atoms with Gasteiger partial charge >= 0.3 is 23.9 Å². The summed E-state index contributed by atoms with van der Waals surface area (Å²) in [6.07, 6.45) is 0.772. The van der Waals surface area contributed by atoms with Crippen molar-refractivity contribution in [2.24, 2.45) is 0 Å². The highest BCUT2D eigenvalue weighted by molar-refractivity contribution is 6.15. The van der Waals surface area contributed by atoms with Crippen LogP contribution in [0.3, 0.4) is 0 Å². The van der Waals surface area contributed by atoms with Crippen LogP contribution in [0.2, 0.25) is 0 Å². The minimum absolute atomic E-state index is 0.380. The van der Waals surface area contributed by atoms with Gasteiger partial charge < -0.3 is 20.4 Å². The highest BCUT2D eigenvalue weighted by atomic mass is 16.4. The van der Waals surface area contributed by atoms with E-state index in [-0.39, 0.29) is 5.39 Å². The van der Waals surface area contributed by atoms with Crippen LogP contribution in [-0.2, 0) is 0 Å². The number of aromatic nitrogens is 2. The van der Waals surface area contributed by atoms with Gasteiger partial charge in [0.05, 0.1) is 22.2 Å². The molecule has 1 aromatic heterocycles. The highest BCUT2D eigenvalue weighted by Crippen LogP contribution is 2.25. The quantitative estimate of drug-likeness (QED) is 0.619. The molecule has 0 fully saturated rings. The molecule has 10 heteroatoms. The van der Waals surface area contributed by atoms with Crippen LogP contribution >= 0.6 is 0 Å². The van der Waals surface area contributed by atoms with Crippen molar-refractivity contribution in [3.8, 4) is 0 Å². The van der Waals surface area contributed by atoms with Crippen molar-refractivity contribution in [2.75, 3.05) is 0 Å². The van der Waals surface area contributed by atoms with E-state index in [1.807, 2.05) is 0 Å². The Morgan fingerprint density at radius 2 is 1.41 bits per heavy atom. The number of carboxylic acid groups (broad SMARTS) is 4. The Hall–Kier alpha value is -3.56. The number of fused-ring (bicyclic) bond motifs is 1. The molecule has 0 aliphatic rings. The Balaban J connectivity index is 3.04. The van der Waals surface area contributed by atoms with E-state index in [9.17, 15) is 19.2 Å². The first-order valence-electron chi connectivity index (χ1n) is 5.51. The maximum absolute atomic E-state index is 11.3. The Morgan fingerprint density at radius 1 is 0.818 bits per heavy atom. The van der Waals surface area contributed by atoms with Gasteiger partial charge in [-0.1, -0.05) is 0 Å². The van der Waals surface area contributed by atoms with Crippen LogP contribution in [-0.4, -0.2) is 54.3 Å². The van der Waals surface area contributed by atoms with Gasteiger partial charge in [-0.05, 0) is 6.07 Å². The summed E-state index contributed by atoms with van der Waals surface area (Å²) in [6, 6.07) is 0.620. The van der Waals surface area contributed by atoms with E-state index in [0.29, 0.717) is 6.07 Å². The summed E-state index contributed by atoms with van der Waals surface area (Å²) < 4.78 is 0. The molecule has 0 saturated heterocycles. The summed E-state index contributed by atoms with van der Waals surface area (Å²) in [6.45, 7) is 0. The number of rotatable bonds is 4. The van der Waals surface area contributed by atoms with Crippen molar-refractivity contribution in [3.63, 3.8) is 0 Å². The zero-order valence-corrected chi connectivity index (χ0v) is 10.5. The predicted molar refractivity (Wildman–Crippen MR) is 67.4 cm³/mol. The molecule has 112 valence electrons. The van der Waals surface area contributed by atoms with Crippen molar-refractivity contribution in [2.45, 2.75) is 0 Å². The number of hydrogen-bond donors (Lipinski definition) is 4. The molecule has 0 aliphatic heterocycles. The monoisotopic (exact) mass is 306 g/mol. The van der Waals surface area contributed by atoms with E-state index in [1.165, 1.54) is 0 Å². The average molecular weight is 306 g/mol. The second-order valence-corrected chi connectivity index (χ2v) is 4.02. The highest BCUT2D eigenvalue weighted by Gasteiger charge is 2.26. The van der Waals surface area contributed by atoms with Gasteiger partial charge in [-0.3, -0.25) is 0 Å². The largest absolute Gasteiger partial charge is 0.478 e. The van der Waals surface area contributed by atoms with E-state index in [2.05, 4.69) is 9.97 Å². The van der Waals surface area contributed by atoms with Crippen molar-refractivity contribution >= 4 is 34.8 Å². The third-order valence-corrected chi connectivity index (χ3v) is 2.74. The Bertz CT molecular complexity index is 858. The van der Waals surface area contributed by atoms with Gasteiger partial charge in [0.15, 0.2) is 0 Å². The molecule has 0 aliphatic carbocycles. The molecular formula is C12H6N2O8. The number of nitrogens with zero attached hydrogens (tertiary/aromatic N) is 2. The van der Waals surface area contributed by atoms with Crippen molar-refractivity contribution < 1.29 is 39.6 Å². The summed E-state index contributed by atoms with van der Waals surface area (Å²) in [4.78, 5) is 51.3.